The smallest absolute Gasteiger partial charge is 0.0478 e. The van der Waals surface area contributed by atoms with E-state index in [4.69, 9.17) is 0 Å². The maximum absolute atomic E-state index is 3.62. The summed E-state index contributed by atoms with van der Waals surface area (Å²) in [6, 6.07) is 8.68. The summed E-state index contributed by atoms with van der Waals surface area (Å²) in [6.07, 6.45) is 8.60. The van der Waals surface area contributed by atoms with E-state index in [0.29, 0.717) is 0 Å². The molecule has 0 radical (unpaired) electrons. The summed E-state index contributed by atoms with van der Waals surface area (Å²) in [7, 11) is 0. The fourth-order valence-corrected chi connectivity index (χ4v) is 3.56. The van der Waals surface area contributed by atoms with Gasteiger partial charge >= 0.3 is 0 Å². The second kappa shape index (κ2) is 7.73. The van der Waals surface area contributed by atoms with Crippen LogP contribution in [-0.2, 0) is 0 Å². The lowest BCUT2D eigenvalue weighted by Crippen LogP contribution is -2.12. The van der Waals surface area contributed by atoms with E-state index in [9.17, 15) is 0 Å². The molecule has 100 valence electrons. The molecule has 2 rings (SSSR count). The van der Waals surface area contributed by atoms with Crippen molar-refractivity contribution in [1.82, 2.24) is 0 Å². The molecule has 1 saturated carbocycles. The second-order valence-corrected chi connectivity index (χ2v) is 6.45. The molecule has 1 aliphatic carbocycles. The molecule has 1 aromatic rings. The van der Waals surface area contributed by atoms with Crippen LogP contribution in [0.2, 0.25) is 0 Å². The molecule has 1 aromatic carbocycles. The van der Waals surface area contributed by atoms with Gasteiger partial charge in [0.05, 0.1) is 0 Å². The van der Waals surface area contributed by atoms with Crippen molar-refractivity contribution in [2.45, 2.75) is 50.3 Å². The minimum absolute atomic E-state index is 0.970. The summed E-state index contributed by atoms with van der Waals surface area (Å²) in [5, 5.41) is 3.62. The fraction of sp³-hybridized carbons (Fsp3) is 0.625. The van der Waals surface area contributed by atoms with Crippen molar-refractivity contribution in [1.29, 1.82) is 0 Å². The molecule has 0 heterocycles. The lowest BCUT2D eigenvalue weighted by molar-refractivity contribution is 0.345. The monoisotopic (exact) mass is 263 g/mol. The van der Waals surface area contributed by atoms with Gasteiger partial charge in [0.1, 0.15) is 0 Å². The third-order valence-corrected chi connectivity index (χ3v) is 4.74. The van der Waals surface area contributed by atoms with Crippen LogP contribution in [0.5, 0.6) is 0 Å². The predicted octanol–water partition coefficient (Wildman–Crippen LogP) is 5.18. The van der Waals surface area contributed by atoms with Crippen molar-refractivity contribution in [3.63, 3.8) is 0 Å². The highest BCUT2D eigenvalue weighted by Gasteiger charge is 2.12. The zero-order valence-electron chi connectivity index (χ0n) is 11.5. The fourth-order valence-electron chi connectivity index (χ4n) is 2.78. The molecule has 0 unspecified atom stereocenters. The van der Waals surface area contributed by atoms with E-state index in [1.54, 1.807) is 0 Å². The Morgan fingerprint density at radius 2 is 1.94 bits per heavy atom. The Bertz CT molecular complexity index is 345. The van der Waals surface area contributed by atoms with E-state index in [1.165, 1.54) is 49.1 Å². The minimum Gasteiger partial charge on any atom is -0.384 e. The van der Waals surface area contributed by atoms with Crippen LogP contribution in [0.4, 0.5) is 5.69 Å². The molecule has 1 aliphatic rings. The number of para-hydroxylation sites is 1. The summed E-state index contributed by atoms with van der Waals surface area (Å²) in [5.74, 6) is 2.11. The SMILES string of the molecule is CCSc1ccccc1NCCC1CCCCC1. The molecule has 2 heteroatoms. The van der Waals surface area contributed by atoms with Crippen molar-refractivity contribution < 1.29 is 0 Å². The lowest BCUT2D eigenvalue weighted by Gasteiger charge is -2.22. The van der Waals surface area contributed by atoms with E-state index in [-0.39, 0.29) is 0 Å². The molecule has 0 spiro atoms. The van der Waals surface area contributed by atoms with Gasteiger partial charge in [-0.3, -0.25) is 0 Å². The van der Waals surface area contributed by atoms with Crippen LogP contribution in [0.15, 0.2) is 29.2 Å². The lowest BCUT2D eigenvalue weighted by atomic mass is 9.87. The van der Waals surface area contributed by atoms with E-state index in [2.05, 4.69) is 36.5 Å². The number of benzene rings is 1. The van der Waals surface area contributed by atoms with Crippen LogP contribution in [0.1, 0.15) is 45.4 Å². The molecule has 1 nitrogen and oxygen atoms in total. The number of hydrogen-bond acceptors (Lipinski definition) is 2. The first-order chi connectivity index (χ1) is 8.90. The van der Waals surface area contributed by atoms with Crippen molar-refractivity contribution in [2.75, 3.05) is 17.6 Å². The molecule has 0 aliphatic heterocycles. The Kier molecular flexibility index (Phi) is 5.92. The molecular formula is C16H25NS. The third kappa shape index (κ3) is 4.24. The summed E-state index contributed by atoms with van der Waals surface area (Å²) >= 11 is 1.93. The van der Waals surface area contributed by atoms with Crippen molar-refractivity contribution in [3.8, 4) is 0 Å². The number of thioether (sulfide) groups is 1. The van der Waals surface area contributed by atoms with E-state index < -0.39 is 0 Å². The molecule has 18 heavy (non-hydrogen) atoms. The standard InChI is InChI=1S/C16H25NS/c1-2-18-16-11-7-6-10-15(16)17-13-12-14-8-4-3-5-9-14/h6-7,10-11,14,17H,2-5,8-9,12-13H2,1H3. The molecule has 0 saturated heterocycles. The van der Waals surface area contributed by atoms with Crippen molar-refractivity contribution in [2.24, 2.45) is 5.92 Å². The van der Waals surface area contributed by atoms with Gasteiger partial charge in [0.25, 0.3) is 0 Å². The highest BCUT2D eigenvalue weighted by atomic mass is 32.2. The maximum atomic E-state index is 3.62. The van der Waals surface area contributed by atoms with Crippen LogP contribution >= 0.6 is 11.8 Å². The van der Waals surface area contributed by atoms with E-state index >= 15 is 0 Å². The highest BCUT2D eigenvalue weighted by molar-refractivity contribution is 7.99. The Hall–Kier alpha value is -0.630. The molecular weight excluding hydrogens is 238 g/mol. The minimum atomic E-state index is 0.970. The number of nitrogens with one attached hydrogen (secondary N) is 1. The van der Waals surface area contributed by atoms with Crippen LogP contribution in [0, 0.1) is 5.92 Å². The van der Waals surface area contributed by atoms with E-state index in [0.717, 1.165) is 18.2 Å². The Morgan fingerprint density at radius 1 is 1.17 bits per heavy atom. The van der Waals surface area contributed by atoms with Gasteiger partial charge < -0.3 is 5.32 Å². The van der Waals surface area contributed by atoms with Gasteiger partial charge in [0, 0.05) is 17.1 Å². The van der Waals surface area contributed by atoms with Gasteiger partial charge in [-0.2, -0.15) is 0 Å². The molecule has 1 N–H and O–H groups in total. The summed E-state index contributed by atoms with van der Waals surface area (Å²) in [6.45, 7) is 3.34. The first kappa shape index (κ1) is 13.8. The van der Waals surface area contributed by atoms with Gasteiger partial charge in [-0.25, -0.2) is 0 Å². The van der Waals surface area contributed by atoms with Crippen LogP contribution in [0.25, 0.3) is 0 Å². The summed E-state index contributed by atoms with van der Waals surface area (Å²) in [5.41, 5.74) is 1.32. The van der Waals surface area contributed by atoms with Crippen molar-refractivity contribution in [3.05, 3.63) is 24.3 Å². The normalized spacial score (nSPS) is 16.7. The summed E-state index contributed by atoms with van der Waals surface area (Å²) in [4.78, 5) is 1.39. The third-order valence-electron chi connectivity index (χ3n) is 3.78. The number of anilines is 1. The molecule has 1 fully saturated rings. The summed E-state index contributed by atoms with van der Waals surface area (Å²) < 4.78 is 0. The Labute approximate surface area is 116 Å². The van der Waals surface area contributed by atoms with Crippen molar-refractivity contribution >= 4 is 17.4 Å². The first-order valence-electron chi connectivity index (χ1n) is 7.36. The van der Waals surface area contributed by atoms with Crippen LogP contribution < -0.4 is 5.32 Å². The second-order valence-electron chi connectivity index (χ2n) is 5.15. The van der Waals surface area contributed by atoms with Crippen LogP contribution in [0.3, 0.4) is 0 Å². The number of hydrogen-bond donors (Lipinski definition) is 1. The average molecular weight is 263 g/mol. The Balaban J connectivity index is 1.78. The molecule has 0 aromatic heterocycles. The highest BCUT2D eigenvalue weighted by Crippen LogP contribution is 2.28. The van der Waals surface area contributed by atoms with Gasteiger partial charge in [0.2, 0.25) is 0 Å². The van der Waals surface area contributed by atoms with E-state index in [1.807, 2.05) is 11.8 Å². The van der Waals surface area contributed by atoms with Gasteiger partial charge in [-0.05, 0) is 30.2 Å². The van der Waals surface area contributed by atoms with Crippen LogP contribution in [-0.4, -0.2) is 12.3 Å². The van der Waals surface area contributed by atoms with Gasteiger partial charge in [-0.15, -0.1) is 11.8 Å². The van der Waals surface area contributed by atoms with Gasteiger partial charge in [-0.1, -0.05) is 51.2 Å². The topological polar surface area (TPSA) is 12.0 Å². The Morgan fingerprint density at radius 3 is 2.72 bits per heavy atom. The first-order valence-corrected chi connectivity index (χ1v) is 8.34. The zero-order valence-corrected chi connectivity index (χ0v) is 12.3. The zero-order chi connectivity index (χ0) is 12.6. The predicted molar refractivity (Wildman–Crippen MR) is 82.5 cm³/mol. The molecule has 0 bridgehead atoms. The molecule has 0 amide bonds. The quantitative estimate of drug-likeness (QED) is 0.710. The number of rotatable bonds is 6. The average Bonchev–Trinajstić information content (AvgIpc) is 2.42. The van der Waals surface area contributed by atoms with Gasteiger partial charge in [0.15, 0.2) is 0 Å². The molecule has 0 atom stereocenters. The maximum Gasteiger partial charge on any atom is 0.0478 e. The largest absolute Gasteiger partial charge is 0.384 e.